The van der Waals surface area contributed by atoms with Gasteiger partial charge in [-0.3, -0.25) is 9.59 Å². The Labute approximate surface area is 152 Å². The van der Waals surface area contributed by atoms with Crippen LogP contribution in [0.3, 0.4) is 0 Å². The minimum Gasteiger partial charge on any atom is -0.450 e. The lowest BCUT2D eigenvalue weighted by Crippen LogP contribution is -2.49. The summed E-state index contributed by atoms with van der Waals surface area (Å²) in [5.41, 5.74) is 0.338. The molecule has 0 unspecified atom stereocenters. The van der Waals surface area contributed by atoms with E-state index >= 15 is 0 Å². The van der Waals surface area contributed by atoms with E-state index in [2.05, 4.69) is 5.32 Å². The van der Waals surface area contributed by atoms with Gasteiger partial charge in [0, 0.05) is 31.7 Å². The summed E-state index contributed by atoms with van der Waals surface area (Å²) < 4.78 is 18.3. The maximum Gasteiger partial charge on any atom is 0.409 e. The minimum absolute atomic E-state index is 0.0745. The van der Waals surface area contributed by atoms with E-state index in [4.69, 9.17) is 4.74 Å². The van der Waals surface area contributed by atoms with Crippen LogP contribution in [0.4, 0.5) is 14.9 Å². The van der Waals surface area contributed by atoms with E-state index in [9.17, 15) is 18.8 Å². The lowest BCUT2D eigenvalue weighted by atomic mass is 10.1. The second kappa shape index (κ2) is 9.17. The van der Waals surface area contributed by atoms with E-state index in [1.165, 1.54) is 30.0 Å². The van der Waals surface area contributed by atoms with Crippen LogP contribution in [0.15, 0.2) is 24.3 Å². The fourth-order valence-electron chi connectivity index (χ4n) is 2.87. The van der Waals surface area contributed by atoms with Crippen molar-refractivity contribution in [3.8, 4) is 0 Å². The van der Waals surface area contributed by atoms with E-state index in [0.717, 1.165) is 0 Å². The highest BCUT2D eigenvalue weighted by atomic mass is 19.1. The van der Waals surface area contributed by atoms with Gasteiger partial charge in [0.2, 0.25) is 11.8 Å². The van der Waals surface area contributed by atoms with Crippen molar-refractivity contribution in [3.63, 3.8) is 0 Å². The molecule has 0 aliphatic carbocycles. The lowest BCUT2D eigenvalue weighted by Gasteiger charge is -2.32. The van der Waals surface area contributed by atoms with Crippen LogP contribution in [0.5, 0.6) is 0 Å². The van der Waals surface area contributed by atoms with Crippen LogP contribution in [0.1, 0.15) is 26.7 Å². The van der Waals surface area contributed by atoms with Gasteiger partial charge in [0.15, 0.2) is 0 Å². The third-order valence-corrected chi connectivity index (χ3v) is 4.19. The molecule has 26 heavy (non-hydrogen) atoms. The number of nitrogens with one attached hydrogen (secondary N) is 1. The summed E-state index contributed by atoms with van der Waals surface area (Å²) in [6, 6.07) is 5.49. The van der Waals surface area contributed by atoms with E-state index in [0.29, 0.717) is 38.2 Å². The van der Waals surface area contributed by atoms with Crippen LogP contribution in [0.25, 0.3) is 0 Å². The van der Waals surface area contributed by atoms with Gasteiger partial charge in [-0.2, -0.15) is 0 Å². The summed E-state index contributed by atoms with van der Waals surface area (Å²) in [6.45, 7) is 4.24. The van der Waals surface area contributed by atoms with Crippen molar-refractivity contribution in [2.45, 2.75) is 32.7 Å². The first-order valence-corrected chi connectivity index (χ1v) is 8.65. The number of benzene rings is 1. The Bertz CT molecular complexity index is 660. The number of likely N-dealkylation sites (tertiary alicyclic amines) is 1. The summed E-state index contributed by atoms with van der Waals surface area (Å²) in [6.07, 6.45) is 0.890. The van der Waals surface area contributed by atoms with Crippen molar-refractivity contribution in [1.29, 1.82) is 0 Å². The standard InChI is InChI=1S/C18H24FN3O4/c1-3-26-18(25)21-9-7-15(8-10-21)20-17(24)12-22(13(2)23)16-6-4-5-14(19)11-16/h4-6,11,15H,3,7-10,12H2,1-2H3,(H,20,24). The quantitative estimate of drug-likeness (QED) is 0.865. The second-order valence-corrected chi connectivity index (χ2v) is 6.11. The van der Waals surface area contributed by atoms with Gasteiger partial charge in [0.05, 0.1) is 6.61 Å². The fraction of sp³-hybridized carbons (Fsp3) is 0.500. The molecule has 1 aliphatic rings. The first kappa shape index (κ1) is 19.7. The van der Waals surface area contributed by atoms with Crippen LogP contribution >= 0.6 is 0 Å². The molecule has 1 fully saturated rings. The van der Waals surface area contributed by atoms with Gasteiger partial charge in [0.25, 0.3) is 0 Å². The highest BCUT2D eigenvalue weighted by molar-refractivity contribution is 5.97. The zero-order chi connectivity index (χ0) is 19.1. The molecule has 7 nitrogen and oxygen atoms in total. The predicted molar refractivity (Wildman–Crippen MR) is 94.2 cm³/mol. The highest BCUT2D eigenvalue weighted by Crippen LogP contribution is 2.16. The Balaban J connectivity index is 1.87. The monoisotopic (exact) mass is 365 g/mol. The van der Waals surface area contributed by atoms with Gasteiger partial charge < -0.3 is 19.9 Å². The van der Waals surface area contributed by atoms with Crippen LogP contribution in [-0.4, -0.2) is 55.1 Å². The number of hydrogen-bond acceptors (Lipinski definition) is 4. The zero-order valence-electron chi connectivity index (χ0n) is 15.0. The summed E-state index contributed by atoms with van der Waals surface area (Å²) in [7, 11) is 0. The molecule has 0 atom stereocenters. The number of amides is 3. The average molecular weight is 365 g/mol. The number of hydrogen-bond donors (Lipinski definition) is 1. The Morgan fingerprint density at radius 3 is 2.58 bits per heavy atom. The number of rotatable bonds is 5. The van der Waals surface area contributed by atoms with Gasteiger partial charge in [-0.05, 0) is 38.0 Å². The SMILES string of the molecule is CCOC(=O)N1CCC(NC(=O)CN(C(C)=O)c2cccc(F)c2)CC1. The molecule has 2 rings (SSSR count). The van der Waals surface area contributed by atoms with Crippen LogP contribution < -0.4 is 10.2 Å². The molecule has 0 bridgehead atoms. The smallest absolute Gasteiger partial charge is 0.409 e. The number of carbonyl (C=O) groups is 3. The maximum absolute atomic E-state index is 13.4. The average Bonchev–Trinajstić information content (AvgIpc) is 2.60. The largest absolute Gasteiger partial charge is 0.450 e. The minimum atomic E-state index is -0.472. The summed E-state index contributed by atoms with van der Waals surface area (Å²) >= 11 is 0. The molecule has 1 N–H and O–H groups in total. The van der Waals surface area contributed by atoms with Gasteiger partial charge in [-0.25, -0.2) is 9.18 Å². The molecular formula is C18H24FN3O4. The van der Waals surface area contributed by atoms with Crippen LogP contribution in [0.2, 0.25) is 0 Å². The molecule has 1 saturated heterocycles. The van der Waals surface area contributed by atoms with Gasteiger partial charge in [-0.15, -0.1) is 0 Å². The maximum atomic E-state index is 13.4. The van der Waals surface area contributed by atoms with Crippen LogP contribution in [-0.2, 0) is 14.3 Å². The zero-order valence-corrected chi connectivity index (χ0v) is 15.0. The van der Waals surface area contributed by atoms with Crippen molar-refractivity contribution >= 4 is 23.6 Å². The van der Waals surface area contributed by atoms with Crippen molar-refractivity contribution in [2.24, 2.45) is 0 Å². The number of nitrogens with zero attached hydrogens (tertiary/aromatic N) is 2. The van der Waals surface area contributed by atoms with Crippen molar-refractivity contribution in [2.75, 3.05) is 31.1 Å². The van der Waals surface area contributed by atoms with E-state index < -0.39 is 5.82 Å². The first-order chi connectivity index (χ1) is 12.4. The molecule has 3 amide bonds. The number of anilines is 1. The number of halogens is 1. The Morgan fingerprint density at radius 2 is 2.00 bits per heavy atom. The number of ether oxygens (including phenoxy) is 1. The molecule has 1 heterocycles. The lowest BCUT2D eigenvalue weighted by molar-refractivity contribution is -0.123. The van der Waals surface area contributed by atoms with Crippen LogP contribution in [0, 0.1) is 5.82 Å². The van der Waals surface area contributed by atoms with Crippen molar-refractivity contribution in [3.05, 3.63) is 30.1 Å². The molecule has 0 radical (unpaired) electrons. The van der Waals surface area contributed by atoms with E-state index in [1.807, 2.05) is 0 Å². The number of piperidine rings is 1. The molecule has 1 aromatic carbocycles. The fourth-order valence-corrected chi connectivity index (χ4v) is 2.87. The molecule has 1 aromatic rings. The van der Waals surface area contributed by atoms with Crippen molar-refractivity contribution in [1.82, 2.24) is 10.2 Å². The van der Waals surface area contributed by atoms with Gasteiger partial charge in [-0.1, -0.05) is 6.07 Å². The number of carbonyl (C=O) groups excluding carboxylic acids is 3. The molecule has 1 aliphatic heterocycles. The Hall–Kier alpha value is -2.64. The topological polar surface area (TPSA) is 79.0 Å². The predicted octanol–water partition coefficient (Wildman–Crippen LogP) is 1.92. The Morgan fingerprint density at radius 1 is 1.31 bits per heavy atom. The highest BCUT2D eigenvalue weighted by Gasteiger charge is 2.25. The molecule has 142 valence electrons. The van der Waals surface area contributed by atoms with Crippen molar-refractivity contribution < 1.29 is 23.5 Å². The first-order valence-electron chi connectivity index (χ1n) is 8.65. The third kappa shape index (κ3) is 5.44. The second-order valence-electron chi connectivity index (χ2n) is 6.11. The molecular weight excluding hydrogens is 341 g/mol. The van der Waals surface area contributed by atoms with E-state index in [1.54, 1.807) is 17.9 Å². The molecule has 0 saturated carbocycles. The Kier molecular flexibility index (Phi) is 6.94. The summed E-state index contributed by atoms with van der Waals surface area (Å²) in [5, 5.41) is 2.87. The molecule has 0 spiro atoms. The molecule has 8 heteroatoms. The summed E-state index contributed by atoms with van der Waals surface area (Å²) in [5.74, 6) is -1.14. The molecule has 0 aromatic heterocycles. The van der Waals surface area contributed by atoms with Gasteiger partial charge >= 0.3 is 6.09 Å². The summed E-state index contributed by atoms with van der Waals surface area (Å²) in [4.78, 5) is 38.6. The third-order valence-electron chi connectivity index (χ3n) is 4.19. The normalized spacial score (nSPS) is 14.7. The van der Waals surface area contributed by atoms with E-state index in [-0.39, 0.29) is 30.5 Å². The van der Waals surface area contributed by atoms with Gasteiger partial charge in [0.1, 0.15) is 12.4 Å².